The predicted molar refractivity (Wildman–Crippen MR) is 117 cm³/mol. The minimum absolute atomic E-state index is 0.204. The number of benzene rings is 2. The number of aryl methyl sites for hydroxylation is 2. The van der Waals surface area contributed by atoms with Gasteiger partial charge in [0.25, 0.3) is 0 Å². The summed E-state index contributed by atoms with van der Waals surface area (Å²) in [5.74, 6) is 1.50. The molecular weight excluding hydrogens is 401 g/mol. The summed E-state index contributed by atoms with van der Waals surface area (Å²) in [6.45, 7) is 6.29. The second kappa shape index (κ2) is 8.78. The predicted octanol–water partition coefficient (Wildman–Crippen LogP) is 4.88. The fourth-order valence-corrected chi connectivity index (χ4v) is 4.32. The van der Waals surface area contributed by atoms with Crippen LogP contribution in [0.25, 0.3) is 11.4 Å². The number of aromatic nitrogens is 3. The van der Waals surface area contributed by atoms with Crippen LogP contribution in [0.5, 0.6) is 5.75 Å². The molecule has 4 rings (SSSR count). The van der Waals surface area contributed by atoms with E-state index in [1.54, 1.807) is 18.2 Å². The van der Waals surface area contributed by atoms with Gasteiger partial charge in [-0.3, -0.25) is 4.57 Å². The molecule has 0 bridgehead atoms. The molecule has 1 N–H and O–H groups in total. The van der Waals surface area contributed by atoms with Crippen molar-refractivity contribution in [3.63, 3.8) is 0 Å². The number of hydrogen-bond donors (Lipinski definition) is 1. The first-order valence-electron chi connectivity index (χ1n) is 10.2. The number of rotatable bonds is 8. The van der Waals surface area contributed by atoms with Gasteiger partial charge in [0, 0.05) is 11.8 Å². The molecule has 30 heavy (non-hydrogen) atoms. The van der Waals surface area contributed by atoms with Crippen LogP contribution in [0.4, 0.5) is 4.39 Å². The molecule has 1 saturated carbocycles. The van der Waals surface area contributed by atoms with Crippen LogP contribution in [0.2, 0.25) is 0 Å². The van der Waals surface area contributed by atoms with E-state index in [1.165, 1.54) is 17.8 Å². The van der Waals surface area contributed by atoms with Crippen molar-refractivity contribution >= 4 is 11.8 Å². The lowest BCUT2D eigenvalue weighted by Gasteiger charge is -2.17. The van der Waals surface area contributed by atoms with Crippen molar-refractivity contribution in [2.75, 3.05) is 12.4 Å². The molecule has 1 unspecified atom stereocenters. The van der Waals surface area contributed by atoms with Crippen LogP contribution in [-0.4, -0.2) is 38.3 Å². The zero-order valence-corrected chi connectivity index (χ0v) is 18.2. The molecule has 0 spiro atoms. The van der Waals surface area contributed by atoms with Crippen LogP contribution < -0.4 is 4.74 Å². The van der Waals surface area contributed by atoms with Crippen molar-refractivity contribution < 1.29 is 14.2 Å². The molecule has 1 aliphatic carbocycles. The Morgan fingerprint density at radius 2 is 1.87 bits per heavy atom. The maximum absolute atomic E-state index is 14.3. The van der Waals surface area contributed by atoms with Crippen LogP contribution in [0.3, 0.4) is 0 Å². The zero-order valence-electron chi connectivity index (χ0n) is 17.4. The summed E-state index contributed by atoms with van der Waals surface area (Å²) in [7, 11) is 0. The molecule has 3 aromatic rings. The van der Waals surface area contributed by atoms with E-state index in [1.807, 2.05) is 31.4 Å². The summed E-state index contributed by atoms with van der Waals surface area (Å²) in [4.78, 5) is 0. The third-order valence-corrected chi connectivity index (χ3v) is 6.48. The molecule has 0 aliphatic heterocycles. The van der Waals surface area contributed by atoms with Gasteiger partial charge in [-0.25, -0.2) is 4.39 Å². The zero-order chi connectivity index (χ0) is 21.3. The van der Waals surface area contributed by atoms with E-state index < -0.39 is 6.10 Å². The lowest BCUT2D eigenvalue weighted by molar-refractivity contribution is 0.125. The quantitative estimate of drug-likeness (QED) is 0.520. The van der Waals surface area contributed by atoms with Crippen molar-refractivity contribution in [1.82, 2.24) is 14.8 Å². The van der Waals surface area contributed by atoms with Gasteiger partial charge in [-0.15, -0.1) is 10.2 Å². The average molecular weight is 428 g/mol. The Bertz CT molecular complexity index is 1050. The Hall–Kier alpha value is -2.38. The molecule has 2 aromatic carbocycles. The Morgan fingerprint density at radius 1 is 1.13 bits per heavy atom. The monoisotopic (exact) mass is 427 g/mol. The highest BCUT2D eigenvalue weighted by Crippen LogP contribution is 2.41. The third kappa shape index (κ3) is 4.37. The fraction of sp³-hybridized carbons (Fsp3) is 0.391. The van der Waals surface area contributed by atoms with Crippen molar-refractivity contribution in [3.8, 4) is 17.1 Å². The first-order chi connectivity index (χ1) is 14.5. The minimum Gasteiger partial charge on any atom is -0.490 e. The number of thioether (sulfide) groups is 1. The fourth-order valence-electron chi connectivity index (χ4n) is 3.41. The van der Waals surface area contributed by atoms with Crippen LogP contribution in [0, 0.1) is 26.6 Å². The first-order valence-corrected chi connectivity index (χ1v) is 11.1. The molecule has 1 aromatic heterocycles. The smallest absolute Gasteiger partial charge is 0.191 e. The Kier molecular flexibility index (Phi) is 6.11. The highest BCUT2D eigenvalue weighted by atomic mass is 32.2. The first kappa shape index (κ1) is 20.9. The van der Waals surface area contributed by atoms with E-state index in [-0.39, 0.29) is 12.4 Å². The summed E-state index contributed by atoms with van der Waals surface area (Å²) in [5, 5.41) is 19.7. The summed E-state index contributed by atoms with van der Waals surface area (Å²) < 4.78 is 22.2. The third-order valence-electron chi connectivity index (χ3n) is 5.39. The van der Waals surface area contributed by atoms with Crippen LogP contribution >= 0.6 is 11.8 Å². The number of halogens is 1. The van der Waals surface area contributed by atoms with Crippen LogP contribution in [0.15, 0.2) is 41.6 Å². The largest absolute Gasteiger partial charge is 0.490 e. The van der Waals surface area contributed by atoms with Crippen molar-refractivity contribution in [3.05, 3.63) is 58.9 Å². The van der Waals surface area contributed by atoms with Gasteiger partial charge in [0.05, 0.1) is 11.7 Å². The second-order valence-electron chi connectivity index (χ2n) is 7.82. The molecule has 5 nitrogen and oxygen atoms in total. The van der Waals surface area contributed by atoms with E-state index >= 15 is 0 Å². The molecule has 0 amide bonds. The lowest BCUT2D eigenvalue weighted by atomic mass is 10.1. The number of hydrogen-bond acceptors (Lipinski definition) is 5. The van der Waals surface area contributed by atoms with E-state index in [0.29, 0.717) is 28.3 Å². The minimum atomic E-state index is -0.657. The Labute approximate surface area is 180 Å². The van der Waals surface area contributed by atoms with Gasteiger partial charge in [-0.2, -0.15) is 0 Å². The summed E-state index contributed by atoms with van der Waals surface area (Å²) in [5.41, 5.74) is 3.77. The number of aliphatic hydroxyl groups is 1. The number of aliphatic hydroxyl groups excluding tert-OH is 1. The molecule has 0 saturated heterocycles. The normalized spacial score (nSPS) is 14.7. The van der Waals surface area contributed by atoms with Crippen molar-refractivity contribution in [1.29, 1.82) is 0 Å². The Balaban J connectivity index is 1.43. The van der Waals surface area contributed by atoms with Gasteiger partial charge in [-0.1, -0.05) is 36.0 Å². The molecular formula is C23H26FN3O2S. The topological polar surface area (TPSA) is 60.2 Å². The highest BCUT2D eigenvalue weighted by Gasteiger charge is 2.31. The van der Waals surface area contributed by atoms with Gasteiger partial charge in [0.1, 0.15) is 18.2 Å². The molecule has 1 fully saturated rings. The second-order valence-corrected chi connectivity index (χ2v) is 8.80. The van der Waals surface area contributed by atoms with Gasteiger partial charge in [-0.05, 0) is 62.4 Å². The number of ether oxygens (including phenoxy) is 1. The summed E-state index contributed by atoms with van der Waals surface area (Å²) in [6, 6.07) is 11.0. The molecule has 0 radical (unpaired) electrons. The van der Waals surface area contributed by atoms with E-state index in [4.69, 9.17) is 4.74 Å². The van der Waals surface area contributed by atoms with Gasteiger partial charge in [0.15, 0.2) is 11.0 Å². The van der Waals surface area contributed by atoms with Crippen LogP contribution in [0.1, 0.15) is 35.6 Å². The lowest BCUT2D eigenvalue weighted by Crippen LogP contribution is -2.21. The van der Waals surface area contributed by atoms with Gasteiger partial charge in [0.2, 0.25) is 0 Å². The highest BCUT2D eigenvalue weighted by molar-refractivity contribution is 7.99. The van der Waals surface area contributed by atoms with E-state index in [2.05, 4.69) is 16.3 Å². The van der Waals surface area contributed by atoms with Gasteiger partial charge < -0.3 is 9.84 Å². The van der Waals surface area contributed by atoms with E-state index in [9.17, 15) is 9.50 Å². The van der Waals surface area contributed by atoms with E-state index in [0.717, 1.165) is 35.3 Å². The molecule has 1 heterocycles. The molecule has 158 valence electrons. The van der Waals surface area contributed by atoms with Crippen molar-refractivity contribution in [2.45, 2.75) is 50.9 Å². The average Bonchev–Trinajstić information content (AvgIpc) is 3.49. The molecule has 7 heteroatoms. The maximum atomic E-state index is 14.3. The molecule has 1 atom stereocenters. The van der Waals surface area contributed by atoms with Crippen molar-refractivity contribution in [2.24, 2.45) is 0 Å². The van der Waals surface area contributed by atoms with Gasteiger partial charge >= 0.3 is 0 Å². The number of nitrogens with zero attached hydrogens (tertiary/aromatic N) is 3. The molecule has 1 aliphatic rings. The summed E-state index contributed by atoms with van der Waals surface area (Å²) >= 11 is 1.43. The SMILES string of the molecule is Cc1ccc(C)c(OCC(O)CSc2nnc(-c3ccccc3F)n2C2CC2)c1C. The Morgan fingerprint density at radius 3 is 2.60 bits per heavy atom. The maximum Gasteiger partial charge on any atom is 0.191 e. The standard InChI is InChI=1S/C23H26FN3O2S/c1-14-8-9-15(2)21(16(14)3)29-12-18(28)13-30-23-26-25-22(27(23)17-10-11-17)19-6-4-5-7-20(19)24/h4-9,17-18,28H,10-13H2,1-3H3. The van der Waals surface area contributed by atoms with Crippen LogP contribution in [-0.2, 0) is 0 Å². The summed E-state index contributed by atoms with van der Waals surface area (Å²) in [6.07, 6.45) is 1.41.